The van der Waals surface area contributed by atoms with E-state index in [9.17, 15) is 4.79 Å². The molecular weight excluding hydrogens is 533 g/mol. The Morgan fingerprint density at radius 3 is 2.52 bits per heavy atom. The Bertz CT molecular complexity index is 905. The summed E-state index contributed by atoms with van der Waals surface area (Å²) in [6, 6.07) is 13.2. The van der Waals surface area contributed by atoms with Crippen LogP contribution in [0.15, 0.2) is 47.5 Å². The molecule has 0 radical (unpaired) electrons. The van der Waals surface area contributed by atoms with Gasteiger partial charge in [0.1, 0.15) is 0 Å². The Morgan fingerprint density at radius 2 is 1.85 bits per heavy atom. The first kappa shape index (κ1) is 28.5. The third-order valence-electron chi connectivity index (χ3n) is 4.52. The number of anilines is 1. The number of likely N-dealkylation sites (N-methyl/N-ethyl adjacent to an activating group) is 1. The van der Waals surface area contributed by atoms with E-state index >= 15 is 0 Å². The molecular formula is C24H36IN5O3. The molecule has 0 spiro atoms. The molecule has 2 rings (SSSR count). The Labute approximate surface area is 214 Å². The molecule has 0 fully saturated rings. The van der Waals surface area contributed by atoms with E-state index in [1.54, 1.807) is 7.11 Å². The van der Waals surface area contributed by atoms with E-state index in [-0.39, 0.29) is 29.9 Å². The maximum atomic E-state index is 12.4. The Balaban J connectivity index is 0.00000544. The lowest BCUT2D eigenvalue weighted by Crippen LogP contribution is -2.31. The van der Waals surface area contributed by atoms with Crippen molar-refractivity contribution in [3.05, 3.63) is 53.6 Å². The van der Waals surface area contributed by atoms with Gasteiger partial charge in [0.05, 0.1) is 20.3 Å². The minimum atomic E-state index is -0.0793. The zero-order valence-electron chi connectivity index (χ0n) is 20.1. The molecule has 33 heavy (non-hydrogen) atoms. The molecule has 0 aliphatic heterocycles. The number of aliphatic imine (C=N–C) groups is 1. The fraction of sp³-hybridized carbons (Fsp3) is 0.417. The predicted octanol–water partition coefficient (Wildman–Crippen LogP) is 3.58. The zero-order valence-corrected chi connectivity index (χ0v) is 22.4. The van der Waals surface area contributed by atoms with Crippen LogP contribution in [-0.2, 0) is 6.54 Å². The van der Waals surface area contributed by atoms with Crippen LogP contribution < -0.4 is 25.4 Å². The third kappa shape index (κ3) is 9.87. The number of benzene rings is 2. The number of nitrogens with one attached hydrogen (secondary N) is 3. The molecule has 0 saturated carbocycles. The minimum Gasteiger partial charge on any atom is -0.493 e. The van der Waals surface area contributed by atoms with Gasteiger partial charge in [-0.1, -0.05) is 12.1 Å². The number of nitrogens with zero attached hydrogens (tertiary/aromatic N) is 2. The summed E-state index contributed by atoms with van der Waals surface area (Å²) >= 11 is 0. The number of guanidine groups is 1. The number of carbonyl (C=O) groups excluding carboxylic acids is 1. The molecule has 0 saturated heterocycles. The van der Waals surface area contributed by atoms with Gasteiger partial charge in [-0.25, -0.2) is 4.99 Å². The molecule has 0 bridgehead atoms. The van der Waals surface area contributed by atoms with Crippen molar-refractivity contribution in [3.63, 3.8) is 0 Å². The lowest BCUT2D eigenvalue weighted by molar-refractivity contribution is 0.0951. The van der Waals surface area contributed by atoms with Gasteiger partial charge >= 0.3 is 0 Å². The molecule has 0 unspecified atom stereocenters. The lowest BCUT2D eigenvalue weighted by atomic mass is 10.1. The van der Waals surface area contributed by atoms with Crippen molar-refractivity contribution in [1.29, 1.82) is 0 Å². The number of carbonyl (C=O) groups is 1. The zero-order chi connectivity index (χ0) is 23.3. The lowest BCUT2D eigenvalue weighted by Gasteiger charge is -2.14. The van der Waals surface area contributed by atoms with Crippen LogP contribution in [0.5, 0.6) is 11.5 Å². The second kappa shape index (κ2) is 15.3. The number of hydrogen-bond acceptors (Lipinski definition) is 5. The van der Waals surface area contributed by atoms with E-state index in [2.05, 4.69) is 20.9 Å². The molecule has 182 valence electrons. The number of halogens is 1. The van der Waals surface area contributed by atoms with Crippen LogP contribution in [0.3, 0.4) is 0 Å². The first-order valence-corrected chi connectivity index (χ1v) is 10.8. The van der Waals surface area contributed by atoms with Crippen LogP contribution in [0.4, 0.5) is 5.69 Å². The van der Waals surface area contributed by atoms with Crippen LogP contribution >= 0.6 is 24.0 Å². The molecule has 3 N–H and O–H groups in total. The number of methoxy groups -OCH3 is 1. The second-order valence-corrected chi connectivity index (χ2v) is 7.38. The highest BCUT2D eigenvalue weighted by Gasteiger charge is 2.08. The van der Waals surface area contributed by atoms with Crippen molar-refractivity contribution < 1.29 is 14.3 Å². The topological polar surface area (TPSA) is 87.2 Å². The van der Waals surface area contributed by atoms with Gasteiger partial charge < -0.3 is 30.3 Å². The molecule has 0 aliphatic carbocycles. The average Bonchev–Trinajstić information content (AvgIpc) is 2.78. The van der Waals surface area contributed by atoms with Gasteiger partial charge in [0.15, 0.2) is 17.5 Å². The highest BCUT2D eigenvalue weighted by molar-refractivity contribution is 14.0. The molecule has 0 aliphatic rings. The smallest absolute Gasteiger partial charge is 0.251 e. The van der Waals surface area contributed by atoms with Crippen LogP contribution in [0, 0.1) is 0 Å². The molecule has 2 aromatic rings. The monoisotopic (exact) mass is 569 g/mol. The molecule has 0 atom stereocenters. The minimum absolute atomic E-state index is 0. The van der Waals surface area contributed by atoms with Gasteiger partial charge in [0.2, 0.25) is 0 Å². The van der Waals surface area contributed by atoms with Gasteiger partial charge in [-0.3, -0.25) is 4.79 Å². The summed E-state index contributed by atoms with van der Waals surface area (Å²) in [7, 11) is 5.57. The second-order valence-electron chi connectivity index (χ2n) is 7.38. The summed E-state index contributed by atoms with van der Waals surface area (Å²) in [6.45, 7) is 7.04. The molecule has 1 amide bonds. The van der Waals surface area contributed by atoms with Gasteiger partial charge in [-0.05, 0) is 57.8 Å². The Morgan fingerprint density at radius 1 is 1.06 bits per heavy atom. The van der Waals surface area contributed by atoms with Crippen LogP contribution in [0.25, 0.3) is 0 Å². The Hall–Kier alpha value is -2.53. The quantitative estimate of drug-likeness (QED) is 0.218. The number of amides is 1. The number of ether oxygens (including phenoxy) is 2. The maximum absolute atomic E-state index is 12.4. The number of rotatable bonds is 11. The normalized spacial score (nSPS) is 10.9. The highest BCUT2D eigenvalue weighted by Crippen LogP contribution is 2.30. The standard InChI is InChI=1S/C24H35N5O3.HI/c1-6-25-24(28-20-11-12-21(31-5)22(16-20)32-7-2)27-17-18-9-8-10-19(15-18)23(30)26-13-14-29(3)4;/h8-12,15-16H,6-7,13-14,17H2,1-5H3,(H,26,30)(H2,25,27,28);1H. The van der Waals surface area contributed by atoms with E-state index in [0.29, 0.717) is 49.3 Å². The fourth-order valence-electron chi connectivity index (χ4n) is 2.94. The van der Waals surface area contributed by atoms with Crippen molar-refractivity contribution in [2.75, 3.05) is 52.8 Å². The first-order valence-electron chi connectivity index (χ1n) is 10.8. The van der Waals surface area contributed by atoms with E-state index in [1.807, 2.05) is 75.3 Å². The first-order chi connectivity index (χ1) is 15.5. The summed E-state index contributed by atoms with van der Waals surface area (Å²) in [5.41, 5.74) is 2.42. The van der Waals surface area contributed by atoms with Crippen molar-refractivity contribution in [3.8, 4) is 11.5 Å². The van der Waals surface area contributed by atoms with E-state index < -0.39 is 0 Å². The average molecular weight is 569 g/mol. The van der Waals surface area contributed by atoms with Crippen molar-refractivity contribution in [2.45, 2.75) is 20.4 Å². The van der Waals surface area contributed by atoms with Gasteiger partial charge in [-0.2, -0.15) is 0 Å². The molecule has 0 heterocycles. The van der Waals surface area contributed by atoms with E-state index in [0.717, 1.165) is 17.8 Å². The number of hydrogen-bond donors (Lipinski definition) is 3. The summed E-state index contributed by atoms with van der Waals surface area (Å²) in [5, 5.41) is 9.47. The largest absolute Gasteiger partial charge is 0.493 e. The molecule has 0 aromatic heterocycles. The molecule has 8 nitrogen and oxygen atoms in total. The van der Waals surface area contributed by atoms with Gasteiger partial charge in [-0.15, -0.1) is 24.0 Å². The SMILES string of the molecule is CCNC(=NCc1cccc(C(=O)NCCN(C)C)c1)Nc1ccc(OC)c(OCC)c1.I. The van der Waals surface area contributed by atoms with Crippen molar-refractivity contribution >= 4 is 41.5 Å². The van der Waals surface area contributed by atoms with Crippen molar-refractivity contribution in [2.24, 2.45) is 4.99 Å². The highest BCUT2D eigenvalue weighted by atomic mass is 127. The fourth-order valence-corrected chi connectivity index (χ4v) is 2.94. The van der Waals surface area contributed by atoms with E-state index in [4.69, 9.17) is 9.47 Å². The van der Waals surface area contributed by atoms with Crippen LogP contribution in [0.2, 0.25) is 0 Å². The predicted molar refractivity (Wildman–Crippen MR) is 145 cm³/mol. The summed E-state index contributed by atoms with van der Waals surface area (Å²) in [6.07, 6.45) is 0. The van der Waals surface area contributed by atoms with Gasteiger partial charge in [0, 0.05) is 37.0 Å². The van der Waals surface area contributed by atoms with Crippen molar-refractivity contribution in [1.82, 2.24) is 15.5 Å². The van der Waals surface area contributed by atoms with Gasteiger partial charge in [0.25, 0.3) is 5.91 Å². The van der Waals surface area contributed by atoms with Crippen LogP contribution in [-0.4, -0.2) is 64.2 Å². The summed E-state index contributed by atoms with van der Waals surface area (Å²) in [5.74, 6) is 1.91. The van der Waals surface area contributed by atoms with Crippen LogP contribution in [0.1, 0.15) is 29.8 Å². The van der Waals surface area contributed by atoms with E-state index in [1.165, 1.54) is 0 Å². The summed E-state index contributed by atoms with van der Waals surface area (Å²) in [4.78, 5) is 19.1. The Kier molecular flexibility index (Phi) is 13.2. The molecule has 9 heteroatoms. The third-order valence-corrected chi connectivity index (χ3v) is 4.52. The maximum Gasteiger partial charge on any atom is 0.251 e. The molecule has 2 aromatic carbocycles. The summed E-state index contributed by atoms with van der Waals surface area (Å²) < 4.78 is 11.0.